The average Bonchev–Trinajstić information content (AvgIpc) is 3.02. The van der Waals surface area contributed by atoms with Gasteiger partial charge < -0.3 is 29.6 Å². The number of ether oxygens (including phenoxy) is 2. The van der Waals surface area contributed by atoms with Crippen LogP contribution in [0.5, 0.6) is 11.5 Å². The summed E-state index contributed by atoms with van der Waals surface area (Å²) in [6.45, 7) is 3.92. The van der Waals surface area contributed by atoms with Crippen LogP contribution in [-0.4, -0.2) is 43.7 Å². The number of anilines is 3. The Morgan fingerprint density at radius 2 is 1.55 bits per heavy atom. The van der Waals surface area contributed by atoms with Gasteiger partial charge in [-0.2, -0.15) is 0 Å². The van der Waals surface area contributed by atoms with E-state index < -0.39 is 0 Å². The summed E-state index contributed by atoms with van der Waals surface area (Å²) < 4.78 is 12.6. The van der Waals surface area contributed by atoms with E-state index in [0.717, 1.165) is 23.4 Å². The maximum Gasteiger partial charge on any atom is 0.255 e. The quantitative estimate of drug-likeness (QED) is 0.267. The molecular formula is C34H33ClN4O5. The Bertz CT molecular complexity index is 1800. The van der Waals surface area contributed by atoms with Gasteiger partial charge in [0, 0.05) is 65.2 Å². The number of halogens is 1. The summed E-state index contributed by atoms with van der Waals surface area (Å²) in [5.74, 6) is 0.692. The molecule has 2 N–H and O–H groups in total. The van der Waals surface area contributed by atoms with Crippen molar-refractivity contribution < 1.29 is 19.1 Å². The molecule has 2 aliphatic rings. The van der Waals surface area contributed by atoms with Gasteiger partial charge in [0.25, 0.3) is 17.4 Å². The van der Waals surface area contributed by atoms with Crippen molar-refractivity contribution in [2.75, 3.05) is 42.8 Å². The first-order chi connectivity index (χ1) is 21.2. The van der Waals surface area contributed by atoms with E-state index in [1.165, 1.54) is 14.2 Å². The molecule has 226 valence electrons. The number of nitrogens with zero attached hydrogens (tertiary/aromatic N) is 2. The average molecular weight is 613 g/mol. The molecule has 44 heavy (non-hydrogen) atoms. The molecular weight excluding hydrogens is 580 g/mol. The number of aryl methyl sites for hydroxylation is 1. The predicted molar refractivity (Wildman–Crippen MR) is 172 cm³/mol. The summed E-state index contributed by atoms with van der Waals surface area (Å²) in [5, 5.41) is 6.51. The Balaban J connectivity index is 1.35. The number of carbonyl (C=O) groups is 2. The van der Waals surface area contributed by atoms with E-state index in [2.05, 4.69) is 15.5 Å². The number of nitrogens with one attached hydrogen (secondary N) is 2. The van der Waals surface area contributed by atoms with Crippen LogP contribution in [0.4, 0.5) is 17.1 Å². The Hall–Kier alpha value is -4.76. The van der Waals surface area contributed by atoms with Gasteiger partial charge in [-0.15, -0.1) is 0 Å². The molecule has 4 aromatic rings. The largest absolute Gasteiger partial charge is 0.497 e. The van der Waals surface area contributed by atoms with Crippen molar-refractivity contribution in [3.8, 4) is 11.5 Å². The Morgan fingerprint density at radius 3 is 2.30 bits per heavy atom. The van der Waals surface area contributed by atoms with Crippen LogP contribution in [-0.2, 0) is 6.54 Å². The molecule has 9 nitrogen and oxygen atoms in total. The molecule has 10 heteroatoms. The number of rotatable bonds is 7. The van der Waals surface area contributed by atoms with Crippen LogP contribution in [0.25, 0.3) is 0 Å². The number of hydrogen-bond donors (Lipinski definition) is 2. The minimum Gasteiger partial charge on any atom is -0.497 e. The molecule has 0 saturated carbocycles. The van der Waals surface area contributed by atoms with Crippen molar-refractivity contribution in [2.24, 2.45) is 5.92 Å². The molecule has 2 bridgehead atoms. The van der Waals surface area contributed by atoms with Gasteiger partial charge in [-0.05, 0) is 73.4 Å². The number of carbonyl (C=O) groups excluding carboxylic acids is 2. The van der Waals surface area contributed by atoms with Gasteiger partial charge >= 0.3 is 0 Å². The zero-order valence-corrected chi connectivity index (χ0v) is 25.5. The van der Waals surface area contributed by atoms with Crippen LogP contribution in [0.1, 0.15) is 44.3 Å². The predicted octanol–water partition coefficient (Wildman–Crippen LogP) is 5.96. The number of piperidine rings is 1. The highest BCUT2D eigenvalue weighted by atomic mass is 35.5. The highest BCUT2D eigenvalue weighted by Crippen LogP contribution is 2.39. The van der Waals surface area contributed by atoms with Crippen LogP contribution in [0.15, 0.2) is 77.6 Å². The second kappa shape index (κ2) is 12.1. The molecule has 1 aromatic heterocycles. The summed E-state index contributed by atoms with van der Waals surface area (Å²) in [6.07, 6.45) is 0.991. The first-order valence-electron chi connectivity index (χ1n) is 14.4. The SMILES string of the molecule is COc1cc(OC)cc(C(=O)Nc2cc(C(=O)Nc3cc(Cl)ccc3C)ccc2N2C[C@H]3C[C@@H](C2)c2cccc(=O)n2C3)c1. The monoisotopic (exact) mass is 612 g/mol. The smallest absolute Gasteiger partial charge is 0.255 e. The van der Waals surface area contributed by atoms with Gasteiger partial charge in [-0.3, -0.25) is 14.4 Å². The second-order valence-corrected chi connectivity index (χ2v) is 11.7. The van der Waals surface area contributed by atoms with Crippen molar-refractivity contribution >= 4 is 40.5 Å². The van der Waals surface area contributed by atoms with E-state index in [0.29, 0.717) is 58.7 Å². The lowest BCUT2D eigenvalue weighted by Crippen LogP contribution is -2.47. The molecule has 3 aromatic carbocycles. The molecule has 3 heterocycles. The number of amides is 2. The number of aromatic nitrogens is 1. The van der Waals surface area contributed by atoms with Crippen LogP contribution in [0.3, 0.4) is 0 Å². The summed E-state index contributed by atoms with van der Waals surface area (Å²) in [4.78, 5) is 41.9. The summed E-state index contributed by atoms with van der Waals surface area (Å²) in [6, 6.07) is 21.1. The lowest BCUT2D eigenvalue weighted by molar-refractivity contribution is 0.101. The van der Waals surface area contributed by atoms with Crippen LogP contribution in [0, 0.1) is 12.8 Å². The molecule has 2 aliphatic heterocycles. The van der Waals surface area contributed by atoms with Crippen LogP contribution >= 0.6 is 11.6 Å². The van der Waals surface area contributed by atoms with Crippen LogP contribution in [0.2, 0.25) is 5.02 Å². The summed E-state index contributed by atoms with van der Waals surface area (Å²) in [5.41, 5.74) is 4.56. The Kier molecular flexibility index (Phi) is 8.05. The van der Waals surface area contributed by atoms with Gasteiger partial charge in [-0.1, -0.05) is 23.7 Å². The third-order valence-corrected chi connectivity index (χ3v) is 8.62. The molecule has 2 atom stereocenters. The highest BCUT2D eigenvalue weighted by molar-refractivity contribution is 6.31. The second-order valence-electron chi connectivity index (χ2n) is 11.3. The van der Waals surface area contributed by atoms with Crippen molar-refractivity contribution in [1.29, 1.82) is 0 Å². The van der Waals surface area contributed by atoms with Gasteiger partial charge in [0.1, 0.15) is 11.5 Å². The molecule has 1 saturated heterocycles. The zero-order chi connectivity index (χ0) is 31.0. The van der Waals surface area contributed by atoms with Crippen molar-refractivity contribution in [3.63, 3.8) is 0 Å². The summed E-state index contributed by atoms with van der Waals surface area (Å²) >= 11 is 6.18. The lowest BCUT2D eigenvalue weighted by atomic mass is 9.83. The van der Waals surface area contributed by atoms with Crippen molar-refractivity contribution in [3.05, 3.63) is 111 Å². The minimum atomic E-state index is -0.374. The molecule has 0 radical (unpaired) electrons. The summed E-state index contributed by atoms with van der Waals surface area (Å²) in [7, 11) is 3.05. The lowest BCUT2D eigenvalue weighted by Gasteiger charge is -2.44. The number of fused-ring (bicyclic) bond motifs is 4. The van der Waals surface area contributed by atoms with E-state index in [9.17, 15) is 14.4 Å². The maximum atomic E-state index is 13.6. The first-order valence-corrected chi connectivity index (χ1v) is 14.8. The zero-order valence-electron chi connectivity index (χ0n) is 24.7. The Morgan fingerprint density at radius 1 is 0.818 bits per heavy atom. The number of hydrogen-bond acceptors (Lipinski definition) is 6. The van der Waals surface area contributed by atoms with Gasteiger partial charge in [0.2, 0.25) is 0 Å². The van der Waals surface area contributed by atoms with E-state index in [1.54, 1.807) is 48.5 Å². The van der Waals surface area contributed by atoms with E-state index >= 15 is 0 Å². The van der Waals surface area contributed by atoms with E-state index in [1.807, 2.05) is 35.8 Å². The maximum absolute atomic E-state index is 13.6. The molecule has 1 fully saturated rings. The fraction of sp³-hybridized carbons (Fsp3) is 0.265. The van der Waals surface area contributed by atoms with Gasteiger partial charge in [0.15, 0.2) is 0 Å². The fourth-order valence-electron chi connectivity index (χ4n) is 6.20. The molecule has 0 aliphatic carbocycles. The van der Waals surface area contributed by atoms with Gasteiger partial charge in [-0.25, -0.2) is 0 Å². The third-order valence-electron chi connectivity index (χ3n) is 8.39. The topological polar surface area (TPSA) is 102 Å². The normalized spacial score (nSPS) is 17.0. The minimum absolute atomic E-state index is 0.0256. The Labute approximate surface area is 260 Å². The molecule has 0 spiro atoms. The fourth-order valence-corrected chi connectivity index (χ4v) is 6.37. The van der Waals surface area contributed by atoms with Gasteiger partial charge in [0.05, 0.1) is 25.6 Å². The third kappa shape index (κ3) is 5.88. The van der Waals surface area contributed by atoms with Crippen molar-refractivity contribution in [1.82, 2.24) is 4.57 Å². The molecule has 6 rings (SSSR count). The molecule has 0 unspecified atom stereocenters. The van der Waals surface area contributed by atoms with Crippen LogP contribution < -0.4 is 30.6 Å². The van der Waals surface area contributed by atoms with E-state index in [-0.39, 0.29) is 29.2 Å². The number of benzene rings is 3. The van der Waals surface area contributed by atoms with E-state index in [4.69, 9.17) is 21.1 Å². The standard InChI is InChI=1S/C34H33ClN4O5/c1-20-7-9-25(35)15-28(20)36-33(41)22-8-10-31(29(14-22)37-34(42)23-12-26(43-2)16-27(13-23)44-3)38-17-21-11-24(19-38)30-5-4-6-32(40)39(30)18-21/h4-10,12-16,21,24H,11,17-19H2,1-3H3,(H,36,41)(H,37,42)/t21-,24+/m1/s1. The van der Waals surface area contributed by atoms with Crippen molar-refractivity contribution in [2.45, 2.75) is 25.8 Å². The number of pyridine rings is 1. The molecule has 2 amide bonds. The highest BCUT2D eigenvalue weighted by Gasteiger charge is 2.35. The number of methoxy groups -OCH3 is 2. The first kappa shape index (κ1) is 29.3.